The molecule has 1 aromatic rings. The van der Waals surface area contributed by atoms with Crippen molar-refractivity contribution in [3.8, 4) is 0 Å². The van der Waals surface area contributed by atoms with E-state index in [9.17, 15) is 0 Å². The van der Waals surface area contributed by atoms with Gasteiger partial charge in [0.1, 0.15) is 0 Å². The Balaban J connectivity index is 0.000000873. The van der Waals surface area contributed by atoms with Crippen LogP contribution < -0.4 is 5.19 Å². The normalized spacial score (nSPS) is 11.2. The molecule has 0 amide bonds. The average molecular weight is 331 g/mol. The van der Waals surface area contributed by atoms with Gasteiger partial charge in [-0.1, -0.05) is 55.9 Å². The van der Waals surface area contributed by atoms with E-state index in [1.54, 1.807) is 19.4 Å². The zero-order chi connectivity index (χ0) is 14.5. The van der Waals surface area contributed by atoms with Crippen LogP contribution in [0.4, 0.5) is 0 Å². The number of rotatable bonds is 1. The predicted octanol–water partition coefficient (Wildman–Crippen LogP) is 4.01. The summed E-state index contributed by atoms with van der Waals surface area (Å²) in [6.07, 6.45) is 0. The number of halogens is 1. The van der Waals surface area contributed by atoms with Gasteiger partial charge in [-0.2, -0.15) is 0 Å². The fraction of sp³-hybridized carbons (Fsp3) is 0.600. The molecule has 0 aliphatic carbocycles. The maximum Gasteiger partial charge on any atom is 0.0666 e. The Bertz CT molecular complexity index is 381. The molecular weight excluding hydrogens is 304 g/mol. The molecule has 0 saturated carbocycles. The van der Waals surface area contributed by atoms with Gasteiger partial charge in [-0.15, -0.1) is 0 Å². The van der Waals surface area contributed by atoms with E-state index in [0.29, 0.717) is 0 Å². The zero-order valence-electron chi connectivity index (χ0n) is 13.0. The number of ether oxygens (including phenoxy) is 1. The van der Waals surface area contributed by atoms with E-state index in [1.165, 1.54) is 15.6 Å². The molecule has 1 nitrogen and oxygen atoms in total. The molecule has 104 valence electrons. The summed E-state index contributed by atoms with van der Waals surface area (Å²) in [5, 5.41) is 1.59. The predicted molar refractivity (Wildman–Crippen MR) is 89.0 cm³/mol. The van der Waals surface area contributed by atoms with Crippen molar-refractivity contribution < 1.29 is 4.74 Å². The molecule has 0 bridgehead atoms. The van der Waals surface area contributed by atoms with Gasteiger partial charge in [-0.3, -0.25) is 0 Å². The summed E-state index contributed by atoms with van der Waals surface area (Å²) in [5.41, 5.74) is 3.13. The number of methoxy groups -OCH3 is 1. The summed E-state index contributed by atoms with van der Waals surface area (Å²) in [5.74, 6) is 0. The van der Waals surface area contributed by atoms with Gasteiger partial charge in [-0.05, 0) is 34.7 Å². The maximum atomic E-state index is 4.25. The second kappa shape index (κ2) is 7.46. The second-order valence-corrected chi connectivity index (χ2v) is 9.76. The topological polar surface area (TPSA) is 9.23 Å². The zero-order valence-corrected chi connectivity index (χ0v) is 15.8. The van der Waals surface area contributed by atoms with E-state index in [4.69, 9.17) is 0 Å². The van der Waals surface area contributed by atoms with Gasteiger partial charge in [0, 0.05) is 18.7 Å². The van der Waals surface area contributed by atoms with Crippen molar-refractivity contribution >= 4 is 29.9 Å². The smallest absolute Gasteiger partial charge is 0.0666 e. The Hall–Kier alpha value is -0.123. The van der Waals surface area contributed by atoms with Crippen LogP contribution in [-0.4, -0.2) is 23.0 Å². The third-order valence-corrected chi connectivity index (χ3v) is 5.51. The minimum Gasteiger partial charge on any atom is -0.388 e. The van der Waals surface area contributed by atoms with Gasteiger partial charge < -0.3 is 4.74 Å². The van der Waals surface area contributed by atoms with Crippen molar-refractivity contribution in [1.29, 1.82) is 0 Å². The summed E-state index contributed by atoms with van der Waals surface area (Å²) >= 11 is 3.73. The molecule has 1 aromatic carbocycles. The van der Waals surface area contributed by atoms with E-state index in [1.807, 2.05) is 0 Å². The largest absolute Gasteiger partial charge is 0.388 e. The molecule has 1 rings (SSSR count). The molecule has 0 spiro atoms. The highest BCUT2D eigenvalue weighted by molar-refractivity contribution is 9.10. The standard InChI is InChI=1S/C13H21BrSi.C2H6O/c1-9-7-10(13(2,3)4)12(15(5)6)11(14)8-9;1-3-2/h7-8,15H,1-6H3;1-2H3. The third-order valence-electron chi connectivity index (χ3n) is 2.66. The number of hydrogen-bond donors (Lipinski definition) is 0. The molecule has 18 heavy (non-hydrogen) atoms. The number of benzene rings is 1. The molecule has 0 radical (unpaired) electrons. The lowest BCUT2D eigenvalue weighted by molar-refractivity contribution is 0.277. The molecule has 0 N–H and O–H groups in total. The molecule has 0 aliphatic heterocycles. The van der Waals surface area contributed by atoms with Crippen molar-refractivity contribution in [1.82, 2.24) is 0 Å². The van der Waals surface area contributed by atoms with E-state index in [0.717, 1.165) is 0 Å². The molecule has 0 atom stereocenters. The van der Waals surface area contributed by atoms with Crippen LogP contribution in [0.25, 0.3) is 0 Å². The van der Waals surface area contributed by atoms with Gasteiger partial charge in [-0.25, -0.2) is 0 Å². The maximum absolute atomic E-state index is 4.25. The highest BCUT2D eigenvalue weighted by atomic mass is 79.9. The van der Waals surface area contributed by atoms with Gasteiger partial charge in [0.25, 0.3) is 0 Å². The summed E-state index contributed by atoms with van der Waals surface area (Å²) in [6, 6.07) is 4.60. The first-order valence-electron chi connectivity index (χ1n) is 6.35. The fourth-order valence-corrected chi connectivity index (χ4v) is 5.68. The van der Waals surface area contributed by atoms with Crippen LogP contribution >= 0.6 is 15.9 Å². The summed E-state index contributed by atoms with van der Waals surface area (Å²) in [6.45, 7) is 13.9. The molecule has 0 fully saturated rings. The summed E-state index contributed by atoms with van der Waals surface area (Å²) in [7, 11) is 2.48. The number of aryl methyl sites for hydroxylation is 1. The Labute approximate surface area is 123 Å². The van der Waals surface area contributed by atoms with E-state index < -0.39 is 8.80 Å². The lowest BCUT2D eigenvalue weighted by Crippen LogP contribution is -2.34. The molecule has 0 aliphatic rings. The SMILES string of the molecule is COC.Cc1cc(Br)c([SiH](C)C)c(C(C)(C)C)c1. The molecule has 0 unspecified atom stereocenters. The first-order valence-corrected chi connectivity index (χ1v) is 10.0. The quantitative estimate of drug-likeness (QED) is 0.707. The van der Waals surface area contributed by atoms with Crippen molar-refractivity contribution in [3.63, 3.8) is 0 Å². The molecule has 0 saturated heterocycles. The Kier molecular flexibility index (Phi) is 7.41. The van der Waals surface area contributed by atoms with Crippen LogP contribution in [0.2, 0.25) is 13.1 Å². The minimum atomic E-state index is -0.775. The van der Waals surface area contributed by atoms with Crippen molar-refractivity contribution in [3.05, 3.63) is 27.7 Å². The first-order chi connectivity index (χ1) is 8.15. The lowest BCUT2D eigenvalue weighted by atomic mass is 9.86. The van der Waals surface area contributed by atoms with E-state index >= 15 is 0 Å². The van der Waals surface area contributed by atoms with Crippen molar-refractivity contribution in [2.75, 3.05) is 14.2 Å². The average Bonchev–Trinajstić information content (AvgIpc) is 2.15. The number of hydrogen-bond acceptors (Lipinski definition) is 1. The van der Waals surface area contributed by atoms with E-state index in [2.05, 4.69) is 73.6 Å². The van der Waals surface area contributed by atoms with Crippen LogP contribution in [-0.2, 0) is 10.2 Å². The third kappa shape index (κ3) is 5.25. The van der Waals surface area contributed by atoms with Crippen LogP contribution in [0, 0.1) is 6.92 Å². The van der Waals surface area contributed by atoms with Crippen LogP contribution in [0.5, 0.6) is 0 Å². The van der Waals surface area contributed by atoms with Gasteiger partial charge >= 0.3 is 0 Å². The van der Waals surface area contributed by atoms with Crippen LogP contribution in [0.15, 0.2) is 16.6 Å². The van der Waals surface area contributed by atoms with Gasteiger partial charge in [0.05, 0.1) is 8.80 Å². The Morgan fingerprint density at radius 1 is 1.11 bits per heavy atom. The van der Waals surface area contributed by atoms with E-state index in [-0.39, 0.29) is 5.41 Å². The van der Waals surface area contributed by atoms with Crippen LogP contribution in [0.3, 0.4) is 0 Å². The molecule has 0 aromatic heterocycles. The monoisotopic (exact) mass is 330 g/mol. The fourth-order valence-electron chi connectivity index (χ4n) is 1.96. The van der Waals surface area contributed by atoms with Gasteiger partial charge in [0.2, 0.25) is 0 Å². The molecular formula is C15H27BrOSi. The van der Waals surface area contributed by atoms with Gasteiger partial charge in [0.15, 0.2) is 0 Å². The highest BCUT2D eigenvalue weighted by Gasteiger charge is 2.21. The van der Waals surface area contributed by atoms with Crippen LogP contribution in [0.1, 0.15) is 31.9 Å². The summed E-state index contributed by atoms with van der Waals surface area (Å²) in [4.78, 5) is 0. The Morgan fingerprint density at radius 3 is 1.89 bits per heavy atom. The Morgan fingerprint density at radius 2 is 1.56 bits per heavy atom. The summed E-state index contributed by atoms with van der Waals surface area (Å²) < 4.78 is 5.56. The lowest BCUT2D eigenvalue weighted by Gasteiger charge is -2.26. The minimum absolute atomic E-state index is 0.251. The molecule has 0 heterocycles. The first kappa shape index (κ1) is 17.9. The van der Waals surface area contributed by atoms with Crippen molar-refractivity contribution in [2.45, 2.75) is 46.2 Å². The highest BCUT2D eigenvalue weighted by Crippen LogP contribution is 2.25. The molecule has 3 heteroatoms. The second-order valence-electron chi connectivity index (χ2n) is 6.02. The van der Waals surface area contributed by atoms with Crippen molar-refractivity contribution in [2.24, 2.45) is 0 Å².